The Morgan fingerprint density at radius 1 is 1.42 bits per heavy atom. The fraction of sp³-hybridized carbons (Fsp3) is 0.333. The van der Waals surface area contributed by atoms with Crippen LogP contribution in [-0.4, -0.2) is 24.5 Å². The van der Waals surface area contributed by atoms with Crippen molar-refractivity contribution >= 4 is 11.7 Å². The van der Waals surface area contributed by atoms with Crippen molar-refractivity contribution < 1.29 is 18.0 Å². The van der Waals surface area contributed by atoms with E-state index in [4.69, 9.17) is 5.26 Å². The summed E-state index contributed by atoms with van der Waals surface area (Å²) in [7, 11) is 1.41. The summed E-state index contributed by atoms with van der Waals surface area (Å²) in [4.78, 5) is 12.8. The molecular weight excluding hydrogens is 259 g/mol. The minimum atomic E-state index is -4.53. The number of nitrogens with one attached hydrogen (secondary N) is 1. The van der Waals surface area contributed by atoms with Gasteiger partial charge < -0.3 is 10.2 Å². The minimum absolute atomic E-state index is 0.116. The van der Waals surface area contributed by atoms with E-state index in [1.807, 2.05) is 6.07 Å². The quantitative estimate of drug-likeness (QED) is 0.918. The molecule has 102 valence electrons. The number of amides is 2. The van der Waals surface area contributed by atoms with Crippen LogP contribution in [0, 0.1) is 11.3 Å². The largest absolute Gasteiger partial charge is 0.418 e. The van der Waals surface area contributed by atoms with Crippen LogP contribution in [0.4, 0.5) is 23.7 Å². The summed E-state index contributed by atoms with van der Waals surface area (Å²) in [6, 6.07) is 5.89. The molecule has 7 heteroatoms. The third kappa shape index (κ3) is 4.17. The number of alkyl halides is 3. The predicted octanol–water partition coefficient (Wildman–Crippen LogP) is 3.08. The van der Waals surface area contributed by atoms with Gasteiger partial charge in [-0.25, -0.2) is 4.79 Å². The fourth-order valence-corrected chi connectivity index (χ4v) is 1.37. The number of hydrogen-bond donors (Lipinski definition) is 1. The van der Waals surface area contributed by atoms with Crippen molar-refractivity contribution in [3.8, 4) is 6.07 Å². The summed E-state index contributed by atoms with van der Waals surface area (Å²) < 4.78 is 38.1. The monoisotopic (exact) mass is 271 g/mol. The van der Waals surface area contributed by atoms with Gasteiger partial charge in [0.2, 0.25) is 0 Å². The zero-order chi connectivity index (χ0) is 14.5. The van der Waals surface area contributed by atoms with Crippen LogP contribution in [0.1, 0.15) is 12.0 Å². The van der Waals surface area contributed by atoms with E-state index in [1.165, 1.54) is 25.2 Å². The molecule has 0 heterocycles. The van der Waals surface area contributed by atoms with Crippen LogP contribution in [0.15, 0.2) is 24.3 Å². The maximum Gasteiger partial charge on any atom is 0.418 e. The van der Waals surface area contributed by atoms with E-state index in [0.717, 1.165) is 11.0 Å². The first kappa shape index (κ1) is 14.8. The number of carbonyl (C=O) groups is 1. The number of urea groups is 1. The summed E-state index contributed by atoms with van der Waals surface area (Å²) in [6.07, 6.45) is -4.42. The van der Waals surface area contributed by atoms with Crippen LogP contribution < -0.4 is 5.32 Å². The summed E-state index contributed by atoms with van der Waals surface area (Å²) in [5.74, 6) is 0. The first-order chi connectivity index (χ1) is 8.86. The molecule has 0 saturated heterocycles. The van der Waals surface area contributed by atoms with Crippen LogP contribution in [0.5, 0.6) is 0 Å². The Kier molecular flexibility index (Phi) is 4.75. The third-order valence-electron chi connectivity index (χ3n) is 2.38. The highest BCUT2D eigenvalue weighted by Gasteiger charge is 2.33. The van der Waals surface area contributed by atoms with Crippen LogP contribution >= 0.6 is 0 Å². The van der Waals surface area contributed by atoms with Crippen LogP contribution in [-0.2, 0) is 6.18 Å². The molecular formula is C12H12F3N3O. The maximum absolute atomic E-state index is 12.7. The molecule has 2 amide bonds. The second kappa shape index (κ2) is 6.09. The second-order valence-corrected chi connectivity index (χ2v) is 3.80. The Hall–Kier alpha value is -2.23. The van der Waals surface area contributed by atoms with Crippen molar-refractivity contribution in [1.29, 1.82) is 5.26 Å². The van der Waals surface area contributed by atoms with E-state index in [1.54, 1.807) is 0 Å². The molecule has 0 bridgehead atoms. The Labute approximate surface area is 108 Å². The van der Waals surface area contributed by atoms with Gasteiger partial charge in [0.1, 0.15) is 0 Å². The lowest BCUT2D eigenvalue weighted by Crippen LogP contribution is -2.32. The Bertz CT molecular complexity index is 494. The Morgan fingerprint density at radius 3 is 2.63 bits per heavy atom. The van der Waals surface area contributed by atoms with E-state index < -0.39 is 17.8 Å². The van der Waals surface area contributed by atoms with Gasteiger partial charge in [-0.3, -0.25) is 0 Å². The highest BCUT2D eigenvalue weighted by atomic mass is 19.4. The van der Waals surface area contributed by atoms with E-state index >= 15 is 0 Å². The lowest BCUT2D eigenvalue weighted by atomic mass is 10.1. The molecule has 19 heavy (non-hydrogen) atoms. The molecule has 0 aliphatic rings. The van der Waals surface area contributed by atoms with E-state index in [2.05, 4.69) is 5.32 Å². The number of nitrogens with zero attached hydrogens (tertiary/aromatic N) is 2. The average molecular weight is 271 g/mol. The highest BCUT2D eigenvalue weighted by Crippen LogP contribution is 2.34. The third-order valence-corrected chi connectivity index (χ3v) is 2.38. The molecule has 1 rings (SSSR count). The maximum atomic E-state index is 12.7. The van der Waals surface area contributed by atoms with Gasteiger partial charge in [0, 0.05) is 13.6 Å². The molecule has 0 fully saturated rings. The molecule has 0 aliphatic heterocycles. The SMILES string of the molecule is CN(CCC#N)C(=O)Nc1ccccc1C(F)(F)F. The number of benzene rings is 1. The molecule has 1 aromatic carbocycles. The zero-order valence-corrected chi connectivity index (χ0v) is 10.2. The number of nitriles is 1. The van der Waals surface area contributed by atoms with Gasteiger partial charge in [-0.05, 0) is 12.1 Å². The molecule has 1 aromatic rings. The summed E-state index contributed by atoms with van der Waals surface area (Å²) >= 11 is 0. The van der Waals surface area contributed by atoms with Crippen LogP contribution in [0.2, 0.25) is 0 Å². The number of carbonyl (C=O) groups excluding carboxylic acids is 1. The predicted molar refractivity (Wildman–Crippen MR) is 63.3 cm³/mol. The molecule has 0 radical (unpaired) electrons. The van der Waals surface area contributed by atoms with Crippen molar-refractivity contribution in [1.82, 2.24) is 4.90 Å². The van der Waals surface area contributed by atoms with Gasteiger partial charge in [0.25, 0.3) is 0 Å². The first-order valence-corrected chi connectivity index (χ1v) is 5.41. The van der Waals surface area contributed by atoms with Gasteiger partial charge in [-0.15, -0.1) is 0 Å². The molecule has 0 spiro atoms. The van der Waals surface area contributed by atoms with Gasteiger partial charge in [0.05, 0.1) is 23.7 Å². The van der Waals surface area contributed by atoms with E-state index in [0.29, 0.717) is 0 Å². The van der Waals surface area contributed by atoms with Crippen molar-refractivity contribution in [3.63, 3.8) is 0 Å². The number of rotatable bonds is 3. The second-order valence-electron chi connectivity index (χ2n) is 3.80. The number of anilines is 1. The molecule has 0 atom stereocenters. The molecule has 0 aromatic heterocycles. The smallest absolute Gasteiger partial charge is 0.327 e. The van der Waals surface area contributed by atoms with Gasteiger partial charge in [-0.1, -0.05) is 12.1 Å². The molecule has 0 saturated carbocycles. The van der Waals surface area contributed by atoms with Crippen LogP contribution in [0.3, 0.4) is 0 Å². The molecule has 1 N–H and O–H groups in total. The van der Waals surface area contributed by atoms with Crippen molar-refractivity contribution in [2.75, 3.05) is 18.9 Å². The Morgan fingerprint density at radius 2 is 2.05 bits per heavy atom. The molecule has 0 aliphatic carbocycles. The van der Waals surface area contributed by atoms with Crippen molar-refractivity contribution in [2.24, 2.45) is 0 Å². The minimum Gasteiger partial charge on any atom is -0.327 e. The zero-order valence-electron chi connectivity index (χ0n) is 10.2. The van der Waals surface area contributed by atoms with Gasteiger partial charge >= 0.3 is 12.2 Å². The average Bonchev–Trinajstić information content (AvgIpc) is 2.35. The van der Waals surface area contributed by atoms with Crippen LogP contribution in [0.25, 0.3) is 0 Å². The topological polar surface area (TPSA) is 56.1 Å². The fourth-order valence-electron chi connectivity index (χ4n) is 1.37. The summed E-state index contributed by atoms with van der Waals surface area (Å²) in [5, 5.41) is 10.6. The standard InChI is InChI=1S/C12H12F3N3O/c1-18(8-4-7-16)11(19)17-10-6-3-2-5-9(10)12(13,14)15/h2-3,5-6H,4,8H2,1H3,(H,17,19). The highest BCUT2D eigenvalue weighted by molar-refractivity contribution is 5.90. The van der Waals surface area contributed by atoms with E-state index in [9.17, 15) is 18.0 Å². The van der Waals surface area contributed by atoms with E-state index in [-0.39, 0.29) is 18.7 Å². The van der Waals surface area contributed by atoms with Gasteiger partial charge in [-0.2, -0.15) is 18.4 Å². The molecule has 0 unspecified atom stereocenters. The lowest BCUT2D eigenvalue weighted by molar-refractivity contribution is -0.136. The van der Waals surface area contributed by atoms with Crippen molar-refractivity contribution in [2.45, 2.75) is 12.6 Å². The summed E-state index contributed by atoms with van der Waals surface area (Å²) in [5.41, 5.74) is -1.21. The number of hydrogen-bond acceptors (Lipinski definition) is 2. The van der Waals surface area contributed by atoms with Crippen molar-refractivity contribution in [3.05, 3.63) is 29.8 Å². The normalized spacial score (nSPS) is 10.7. The number of para-hydroxylation sites is 1. The summed E-state index contributed by atoms with van der Waals surface area (Å²) in [6.45, 7) is 0.149. The van der Waals surface area contributed by atoms with Gasteiger partial charge in [0.15, 0.2) is 0 Å². The lowest BCUT2D eigenvalue weighted by Gasteiger charge is -2.18. The molecule has 4 nitrogen and oxygen atoms in total. The first-order valence-electron chi connectivity index (χ1n) is 5.41. The number of halogens is 3. The Balaban J connectivity index is 2.83.